The van der Waals surface area contributed by atoms with E-state index in [0.29, 0.717) is 12.0 Å². The van der Waals surface area contributed by atoms with Gasteiger partial charge in [0.05, 0.1) is 7.11 Å². The van der Waals surface area contributed by atoms with E-state index in [-0.39, 0.29) is 5.92 Å². The largest absolute Gasteiger partial charge is 0.468 e. The van der Waals surface area contributed by atoms with Crippen molar-refractivity contribution in [3.63, 3.8) is 0 Å². The monoisotopic (exact) mass is 249 g/mol. The summed E-state index contributed by atoms with van der Waals surface area (Å²) in [5.41, 5.74) is 7.38. The zero-order valence-corrected chi connectivity index (χ0v) is 10.8. The molecule has 4 nitrogen and oxygen atoms in total. The maximum absolute atomic E-state index is 11.2. The minimum absolute atomic E-state index is 0.209. The summed E-state index contributed by atoms with van der Waals surface area (Å²) in [5.74, 6) is -0.189. The molecular formula is C14H19NO3. The van der Waals surface area contributed by atoms with Gasteiger partial charge in [0.25, 0.3) is 0 Å². The molecule has 0 aliphatic carbocycles. The minimum Gasteiger partial charge on any atom is -0.468 e. The molecule has 2 atom stereocenters. The van der Waals surface area contributed by atoms with Crippen LogP contribution in [0, 0.1) is 5.92 Å². The SMILES string of the molecule is COC(=O)[C@H](N)CC(C)Cc1ccccc1C=O. The van der Waals surface area contributed by atoms with Gasteiger partial charge in [0, 0.05) is 5.56 Å². The second-order valence-electron chi connectivity index (χ2n) is 4.49. The molecule has 0 saturated carbocycles. The van der Waals surface area contributed by atoms with E-state index in [0.717, 1.165) is 18.3 Å². The third kappa shape index (κ3) is 3.96. The summed E-state index contributed by atoms with van der Waals surface area (Å²) in [5, 5.41) is 0. The Labute approximate surface area is 107 Å². The van der Waals surface area contributed by atoms with Gasteiger partial charge in [-0.3, -0.25) is 9.59 Å². The van der Waals surface area contributed by atoms with Gasteiger partial charge in [-0.2, -0.15) is 0 Å². The van der Waals surface area contributed by atoms with Gasteiger partial charge in [0.2, 0.25) is 0 Å². The van der Waals surface area contributed by atoms with E-state index in [1.54, 1.807) is 6.07 Å². The van der Waals surface area contributed by atoms with Crippen molar-refractivity contribution >= 4 is 12.3 Å². The van der Waals surface area contributed by atoms with E-state index >= 15 is 0 Å². The summed E-state index contributed by atoms with van der Waals surface area (Å²) in [6.45, 7) is 2.00. The van der Waals surface area contributed by atoms with E-state index in [4.69, 9.17) is 5.73 Å². The summed E-state index contributed by atoms with van der Waals surface area (Å²) in [6, 6.07) is 6.83. The molecule has 0 aliphatic heterocycles. The molecule has 98 valence electrons. The molecular weight excluding hydrogens is 230 g/mol. The van der Waals surface area contributed by atoms with Crippen molar-refractivity contribution in [1.29, 1.82) is 0 Å². The van der Waals surface area contributed by atoms with E-state index < -0.39 is 12.0 Å². The molecule has 0 saturated heterocycles. The van der Waals surface area contributed by atoms with Crippen LogP contribution in [0.15, 0.2) is 24.3 Å². The Morgan fingerprint density at radius 3 is 2.72 bits per heavy atom. The number of rotatable bonds is 6. The molecule has 1 aromatic carbocycles. The molecule has 0 amide bonds. The zero-order valence-electron chi connectivity index (χ0n) is 10.8. The highest BCUT2D eigenvalue weighted by molar-refractivity contribution is 5.77. The summed E-state index contributed by atoms with van der Waals surface area (Å²) in [4.78, 5) is 22.1. The second kappa shape index (κ2) is 6.91. The number of methoxy groups -OCH3 is 1. The Balaban J connectivity index is 2.61. The number of hydrogen-bond donors (Lipinski definition) is 1. The number of carbonyl (C=O) groups is 2. The summed E-state index contributed by atoms with van der Waals surface area (Å²) in [6.07, 6.45) is 2.11. The zero-order chi connectivity index (χ0) is 13.5. The first-order valence-corrected chi connectivity index (χ1v) is 5.95. The Kier molecular flexibility index (Phi) is 5.52. The fourth-order valence-electron chi connectivity index (χ4n) is 1.97. The van der Waals surface area contributed by atoms with Crippen LogP contribution in [-0.4, -0.2) is 25.4 Å². The molecule has 0 aromatic heterocycles. The summed E-state index contributed by atoms with van der Waals surface area (Å²) < 4.78 is 4.59. The van der Waals surface area contributed by atoms with Gasteiger partial charge >= 0.3 is 5.97 Å². The molecule has 18 heavy (non-hydrogen) atoms. The average Bonchev–Trinajstić information content (AvgIpc) is 2.38. The third-order valence-electron chi connectivity index (χ3n) is 2.91. The number of ether oxygens (including phenoxy) is 1. The van der Waals surface area contributed by atoms with Crippen LogP contribution >= 0.6 is 0 Å². The van der Waals surface area contributed by atoms with Gasteiger partial charge in [0.15, 0.2) is 0 Å². The lowest BCUT2D eigenvalue weighted by molar-refractivity contribution is -0.142. The van der Waals surface area contributed by atoms with Crippen LogP contribution in [0.2, 0.25) is 0 Å². The smallest absolute Gasteiger partial charge is 0.322 e. The Morgan fingerprint density at radius 2 is 2.11 bits per heavy atom. The van der Waals surface area contributed by atoms with E-state index in [9.17, 15) is 9.59 Å². The predicted octanol–water partition coefficient (Wildman–Crippen LogP) is 1.57. The molecule has 0 fully saturated rings. The van der Waals surface area contributed by atoms with Crippen molar-refractivity contribution in [2.45, 2.75) is 25.8 Å². The Morgan fingerprint density at radius 1 is 1.44 bits per heavy atom. The first-order valence-electron chi connectivity index (χ1n) is 5.95. The first-order chi connectivity index (χ1) is 8.58. The van der Waals surface area contributed by atoms with Crippen LogP contribution in [0.5, 0.6) is 0 Å². The highest BCUT2D eigenvalue weighted by Crippen LogP contribution is 2.16. The summed E-state index contributed by atoms with van der Waals surface area (Å²) in [7, 11) is 1.33. The lowest BCUT2D eigenvalue weighted by Crippen LogP contribution is -2.33. The maximum atomic E-state index is 11.2. The average molecular weight is 249 g/mol. The van der Waals surface area contributed by atoms with Crippen molar-refractivity contribution in [3.05, 3.63) is 35.4 Å². The highest BCUT2D eigenvalue weighted by Gasteiger charge is 2.18. The predicted molar refractivity (Wildman–Crippen MR) is 69.3 cm³/mol. The molecule has 0 spiro atoms. The molecule has 0 radical (unpaired) electrons. The van der Waals surface area contributed by atoms with E-state index in [1.807, 2.05) is 25.1 Å². The molecule has 0 aliphatic rings. The van der Waals surface area contributed by atoms with Crippen LogP contribution in [0.25, 0.3) is 0 Å². The molecule has 4 heteroatoms. The fraction of sp³-hybridized carbons (Fsp3) is 0.429. The molecule has 1 rings (SSSR count). The van der Waals surface area contributed by atoms with Gasteiger partial charge in [-0.15, -0.1) is 0 Å². The number of esters is 1. The van der Waals surface area contributed by atoms with Crippen LogP contribution in [-0.2, 0) is 16.0 Å². The van der Waals surface area contributed by atoms with Crippen LogP contribution < -0.4 is 5.73 Å². The van der Waals surface area contributed by atoms with Crippen molar-refractivity contribution in [1.82, 2.24) is 0 Å². The van der Waals surface area contributed by atoms with Crippen molar-refractivity contribution in [2.24, 2.45) is 11.7 Å². The van der Waals surface area contributed by atoms with Gasteiger partial charge in [-0.25, -0.2) is 0 Å². The quantitative estimate of drug-likeness (QED) is 0.613. The Bertz CT molecular complexity index is 417. The number of carbonyl (C=O) groups excluding carboxylic acids is 2. The van der Waals surface area contributed by atoms with E-state index in [2.05, 4.69) is 4.74 Å². The fourth-order valence-corrected chi connectivity index (χ4v) is 1.97. The van der Waals surface area contributed by atoms with Crippen molar-refractivity contribution < 1.29 is 14.3 Å². The number of aldehydes is 1. The molecule has 2 N–H and O–H groups in total. The van der Waals surface area contributed by atoms with Crippen molar-refractivity contribution in [2.75, 3.05) is 7.11 Å². The van der Waals surface area contributed by atoms with E-state index in [1.165, 1.54) is 7.11 Å². The molecule has 0 bridgehead atoms. The van der Waals surface area contributed by atoms with Crippen LogP contribution in [0.4, 0.5) is 0 Å². The second-order valence-corrected chi connectivity index (χ2v) is 4.49. The lowest BCUT2D eigenvalue weighted by Gasteiger charge is -2.16. The van der Waals surface area contributed by atoms with Gasteiger partial charge in [0.1, 0.15) is 12.3 Å². The number of benzene rings is 1. The first kappa shape index (κ1) is 14.4. The molecule has 1 aromatic rings. The maximum Gasteiger partial charge on any atom is 0.322 e. The summed E-state index contributed by atoms with van der Waals surface area (Å²) >= 11 is 0. The highest BCUT2D eigenvalue weighted by atomic mass is 16.5. The van der Waals surface area contributed by atoms with Crippen LogP contribution in [0.1, 0.15) is 29.3 Å². The van der Waals surface area contributed by atoms with Crippen molar-refractivity contribution in [3.8, 4) is 0 Å². The Hall–Kier alpha value is -1.68. The molecule has 0 heterocycles. The number of hydrogen-bond acceptors (Lipinski definition) is 4. The normalized spacial score (nSPS) is 13.7. The van der Waals surface area contributed by atoms with Gasteiger partial charge in [-0.05, 0) is 24.3 Å². The van der Waals surface area contributed by atoms with Crippen LogP contribution in [0.3, 0.4) is 0 Å². The van der Waals surface area contributed by atoms with Gasteiger partial charge < -0.3 is 10.5 Å². The lowest BCUT2D eigenvalue weighted by atomic mass is 9.92. The molecule has 1 unspecified atom stereocenters. The number of nitrogens with two attached hydrogens (primary N) is 1. The van der Waals surface area contributed by atoms with Gasteiger partial charge in [-0.1, -0.05) is 31.2 Å². The standard InChI is InChI=1S/C14H19NO3/c1-10(8-13(15)14(17)18-2)7-11-5-3-4-6-12(11)9-16/h3-6,9-10,13H,7-8,15H2,1-2H3/t10?,13-/m1/s1. The third-order valence-corrected chi connectivity index (χ3v) is 2.91. The minimum atomic E-state index is -0.603. The topological polar surface area (TPSA) is 69.4 Å².